The molecular weight excluding hydrogens is 298 g/mol. The molecule has 0 aliphatic carbocycles. The van der Waals surface area contributed by atoms with Crippen LogP contribution >= 0.6 is 11.8 Å². The Morgan fingerprint density at radius 2 is 2.05 bits per heavy atom. The summed E-state index contributed by atoms with van der Waals surface area (Å²) in [6, 6.07) is 4.09. The van der Waals surface area contributed by atoms with Crippen LogP contribution in [-0.4, -0.2) is 40.2 Å². The molecule has 2 aliphatic heterocycles. The molecule has 1 aromatic rings. The van der Waals surface area contributed by atoms with E-state index in [4.69, 9.17) is 0 Å². The smallest absolute Gasteiger partial charge is 0.242 e. The molecule has 22 heavy (non-hydrogen) atoms. The number of thioether (sulfide) groups is 1. The van der Waals surface area contributed by atoms with Crippen molar-refractivity contribution in [3.05, 3.63) is 28.8 Å². The van der Waals surface area contributed by atoms with Crippen LogP contribution in [0.5, 0.6) is 0 Å². The van der Waals surface area contributed by atoms with E-state index in [0.717, 1.165) is 22.0 Å². The normalized spacial score (nSPS) is 20.1. The van der Waals surface area contributed by atoms with Gasteiger partial charge in [-0.05, 0) is 31.9 Å². The van der Waals surface area contributed by atoms with Crippen molar-refractivity contribution < 1.29 is 9.59 Å². The average molecular weight is 317 g/mol. The molecule has 2 aliphatic rings. The molecule has 1 atom stereocenters. The molecule has 0 saturated carbocycles. The van der Waals surface area contributed by atoms with Crippen molar-refractivity contribution >= 4 is 34.4 Å². The molecule has 0 unspecified atom stereocenters. The largest absolute Gasteiger partial charge is 0.326 e. The Morgan fingerprint density at radius 1 is 1.36 bits per heavy atom. The van der Waals surface area contributed by atoms with Gasteiger partial charge < -0.3 is 5.32 Å². The van der Waals surface area contributed by atoms with Gasteiger partial charge in [-0.15, -0.1) is 0 Å². The van der Waals surface area contributed by atoms with E-state index in [9.17, 15) is 9.59 Å². The Bertz CT molecular complexity index is 661. The maximum Gasteiger partial charge on any atom is 0.242 e. The summed E-state index contributed by atoms with van der Waals surface area (Å²) in [5, 5.41) is 3.38. The number of hydrogen-bond acceptors (Lipinski definition) is 4. The Balaban J connectivity index is 1.68. The first-order chi connectivity index (χ1) is 10.5. The lowest BCUT2D eigenvalue weighted by molar-refractivity contribution is -0.127. The summed E-state index contributed by atoms with van der Waals surface area (Å²) in [5.74, 6) is -0.114. The predicted molar refractivity (Wildman–Crippen MR) is 89.3 cm³/mol. The van der Waals surface area contributed by atoms with E-state index in [2.05, 4.69) is 10.3 Å². The van der Waals surface area contributed by atoms with Crippen LogP contribution in [0.25, 0.3) is 0 Å². The number of rotatable bonds is 3. The van der Waals surface area contributed by atoms with Gasteiger partial charge in [0, 0.05) is 18.7 Å². The Kier molecular flexibility index (Phi) is 3.95. The third-order valence-corrected chi connectivity index (χ3v) is 5.12. The molecule has 1 aromatic carbocycles. The molecule has 6 heteroatoms. The van der Waals surface area contributed by atoms with Gasteiger partial charge in [-0.25, -0.2) is 0 Å². The van der Waals surface area contributed by atoms with Crippen LogP contribution in [0.2, 0.25) is 0 Å². The first-order valence-corrected chi connectivity index (χ1v) is 8.24. The molecule has 3 rings (SSSR count). The van der Waals surface area contributed by atoms with E-state index in [1.807, 2.05) is 32.9 Å². The molecule has 0 aromatic heterocycles. The average Bonchev–Trinajstić information content (AvgIpc) is 2.99. The fourth-order valence-electron chi connectivity index (χ4n) is 2.95. The van der Waals surface area contributed by atoms with Crippen LogP contribution in [0, 0.1) is 20.8 Å². The highest BCUT2D eigenvalue weighted by Gasteiger charge is 2.40. The highest BCUT2D eigenvalue weighted by Crippen LogP contribution is 2.32. The number of amidine groups is 1. The Labute approximate surface area is 134 Å². The van der Waals surface area contributed by atoms with Gasteiger partial charge in [-0.2, -0.15) is 0 Å². The number of anilines is 1. The van der Waals surface area contributed by atoms with Crippen LogP contribution in [0.1, 0.15) is 23.1 Å². The first kappa shape index (κ1) is 15.1. The number of nitrogens with one attached hydrogen (secondary N) is 1. The van der Waals surface area contributed by atoms with Crippen LogP contribution < -0.4 is 5.32 Å². The highest BCUT2D eigenvalue weighted by molar-refractivity contribution is 8.15. The minimum atomic E-state index is -0.342. The van der Waals surface area contributed by atoms with Crippen molar-refractivity contribution in [1.29, 1.82) is 0 Å². The standard InChI is InChI=1S/C16H19N3O2S/c1-9-6-10(2)14(11(3)7-9)18-13(20)8-12-15(21)19-5-4-17-16(19)22-12/h6-7,12H,4-5,8H2,1-3H3,(H,18,20)/t12-/m1/s1. The van der Waals surface area contributed by atoms with Gasteiger partial charge in [-0.3, -0.25) is 19.5 Å². The molecule has 2 amide bonds. The number of nitrogens with zero attached hydrogens (tertiary/aromatic N) is 2. The van der Waals surface area contributed by atoms with E-state index in [0.29, 0.717) is 13.1 Å². The Hall–Kier alpha value is -1.82. The number of carbonyl (C=O) groups is 2. The lowest BCUT2D eigenvalue weighted by Crippen LogP contribution is -2.32. The number of aliphatic imine (C=N–C) groups is 1. The van der Waals surface area contributed by atoms with Crippen molar-refractivity contribution in [2.75, 3.05) is 18.4 Å². The summed E-state index contributed by atoms with van der Waals surface area (Å²) in [5.41, 5.74) is 4.11. The Morgan fingerprint density at radius 3 is 2.68 bits per heavy atom. The van der Waals surface area contributed by atoms with E-state index in [-0.39, 0.29) is 23.5 Å². The van der Waals surface area contributed by atoms with E-state index in [1.165, 1.54) is 17.3 Å². The zero-order valence-corrected chi connectivity index (χ0v) is 13.8. The fraction of sp³-hybridized carbons (Fsp3) is 0.438. The van der Waals surface area contributed by atoms with Gasteiger partial charge in [-0.1, -0.05) is 29.5 Å². The second kappa shape index (κ2) is 5.76. The summed E-state index contributed by atoms with van der Waals surface area (Å²) in [6.07, 6.45) is 0.186. The van der Waals surface area contributed by atoms with Crippen molar-refractivity contribution in [2.24, 2.45) is 4.99 Å². The zero-order valence-electron chi connectivity index (χ0n) is 13.0. The summed E-state index contributed by atoms with van der Waals surface area (Å²) >= 11 is 1.40. The number of fused-ring (bicyclic) bond motifs is 1. The van der Waals surface area contributed by atoms with Crippen LogP contribution in [0.4, 0.5) is 5.69 Å². The van der Waals surface area contributed by atoms with Gasteiger partial charge in [0.25, 0.3) is 0 Å². The summed E-state index contributed by atoms with van der Waals surface area (Å²) in [7, 11) is 0. The second-order valence-corrected chi connectivity index (χ2v) is 6.96. The number of aryl methyl sites for hydroxylation is 3. The zero-order chi connectivity index (χ0) is 15.9. The summed E-state index contributed by atoms with van der Waals surface area (Å²) < 4.78 is 0. The second-order valence-electron chi connectivity index (χ2n) is 5.79. The van der Waals surface area contributed by atoms with E-state index >= 15 is 0 Å². The van der Waals surface area contributed by atoms with Crippen molar-refractivity contribution in [2.45, 2.75) is 32.4 Å². The molecule has 5 nitrogen and oxygen atoms in total. The molecule has 2 heterocycles. The lowest BCUT2D eigenvalue weighted by Gasteiger charge is -2.14. The van der Waals surface area contributed by atoms with Crippen LogP contribution in [-0.2, 0) is 9.59 Å². The van der Waals surface area contributed by atoms with Crippen molar-refractivity contribution in [1.82, 2.24) is 4.90 Å². The van der Waals surface area contributed by atoms with Gasteiger partial charge in [0.1, 0.15) is 5.25 Å². The minimum absolute atomic E-state index is 0.00810. The molecular formula is C16H19N3O2S. The SMILES string of the molecule is Cc1cc(C)c(NC(=O)C[C@H]2SC3=NCCN3C2=O)c(C)c1. The number of carbonyl (C=O) groups excluding carboxylic acids is 2. The maximum absolute atomic E-state index is 12.3. The molecule has 1 N–H and O–H groups in total. The summed E-state index contributed by atoms with van der Waals surface area (Å²) in [4.78, 5) is 30.5. The number of benzene rings is 1. The lowest BCUT2D eigenvalue weighted by atomic mass is 10.0. The molecule has 0 spiro atoms. The first-order valence-electron chi connectivity index (χ1n) is 7.36. The molecule has 1 fully saturated rings. The molecule has 1 saturated heterocycles. The summed E-state index contributed by atoms with van der Waals surface area (Å²) in [6.45, 7) is 7.32. The van der Waals surface area contributed by atoms with Crippen molar-refractivity contribution in [3.8, 4) is 0 Å². The third kappa shape index (κ3) is 2.75. The minimum Gasteiger partial charge on any atom is -0.326 e. The number of amides is 2. The van der Waals surface area contributed by atoms with E-state index in [1.54, 1.807) is 4.90 Å². The molecule has 0 radical (unpaired) electrons. The van der Waals surface area contributed by atoms with Crippen molar-refractivity contribution in [3.63, 3.8) is 0 Å². The molecule has 0 bridgehead atoms. The quantitative estimate of drug-likeness (QED) is 0.930. The van der Waals surface area contributed by atoms with Crippen LogP contribution in [0.15, 0.2) is 17.1 Å². The third-order valence-electron chi connectivity index (χ3n) is 3.90. The van der Waals surface area contributed by atoms with Gasteiger partial charge in [0.15, 0.2) is 5.17 Å². The fourth-order valence-corrected chi connectivity index (χ4v) is 4.14. The van der Waals surface area contributed by atoms with E-state index < -0.39 is 0 Å². The van der Waals surface area contributed by atoms with Crippen LogP contribution in [0.3, 0.4) is 0 Å². The highest BCUT2D eigenvalue weighted by atomic mass is 32.2. The maximum atomic E-state index is 12.3. The predicted octanol–water partition coefficient (Wildman–Crippen LogP) is 2.25. The number of hydrogen-bond donors (Lipinski definition) is 1. The topological polar surface area (TPSA) is 61.8 Å². The monoisotopic (exact) mass is 317 g/mol. The van der Waals surface area contributed by atoms with Gasteiger partial charge in [0.05, 0.1) is 6.54 Å². The van der Waals surface area contributed by atoms with Gasteiger partial charge >= 0.3 is 0 Å². The molecule has 116 valence electrons. The van der Waals surface area contributed by atoms with Gasteiger partial charge in [0.2, 0.25) is 11.8 Å².